The standard InChI is InChI=1S/C13H20N2O2/c1-2-17-13-12(4-3-9-14-13)15-10-5-7-11(16)8-6-10/h3-4,9-11,15-16H,2,5-8H2,1H3. The lowest BCUT2D eigenvalue weighted by Crippen LogP contribution is -2.28. The Labute approximate surface area is 102 Å². The van der Waals surface area contributed by atoms with Crippen LogP contribution in [0.3, 0.4) is 0 Å². The molecule has 1 heterocycles. The van der Waals surface area contributed by atoms with Crippen LogP contribution in [0.5, 0.6) is 5.88 Å². The number of aliphatic hydroxyl groups excluding tert-OH is 1. The SMILES string of the molecule is CCOc1ncccc1NC1CCC(O)CC1. The molecular formula is C13H20N2O2. The lowest BCUT2D eigenvalue weighted by atomic mass is 9.93. The van der Waals surface area contributed by atoms with Crippen molar-refractivity contribution in [3.05, 3.63) is 18.3 Å². The minimum absolute atomic E-state index is 0.117. The molecule has 1 aromatic heterocycles. The van der Waals surface area contributed by atoms with Crippen molar-refractivity contribution in [1.82, 2.24) is 4.98 Å². The van der Waals surface area contributed by atoms with E-state index in [1.165, 1.54) is 0 Å². The molecule has 4 nitrogen and oxygen atoms in total. The molecule has 0 amide bonds. The predicted octanol–water partition coefficient (Wildman–Crippen LogP) is 2.20. The fourth-order valence-electron chi connectivity index (χ4n) is 2.19. The van der Waals surface area contributed by atoms with E-state index in [1.807, 2.05) is 19.1 Å². The van der Waals surface area contributed by atoms with E-state index in [-0.39, 0.29) is 6.10 Å². The molecule has 0 aliphatic heterocycles. The molecule has 0 unspecified atom stereocenters. The van der Waals surface area contributed by atoms with Gasteiger partial charge in [-0.3, -0.25) is 0 Å². The van der Waals surface area contributed by atoms with Gasteiger partial charge in [-0.25, -0.2) is 4.98 Å². The van der Waals surface area contributed by atoms with Crippen molar-refractivity contribution in [2.45, 2.75) is 44.8 Å². The Morgan fingerprint density at radius 3 is 2.88 bits per heavy atom. The van der Waals surface area contributed by atoms with Crippen LogP contribution in [0.4, 0.5) is 5.69 Å². The van der Waals surface area contributed by atoms with Gasteiger partial charge in [-0.05, 0) is 44.7 Å². The average molecular weight is 236 g/mol. The molecule has 1 aliphatic carbocycles. The summed E-state index contributed by atoms with van der Waals surface area (Å²) in [5.74, 6) is 0.668. The maximum atomic E-state index is 9.47. The van der Waals surface area contributed by atoms with E-state index in [9.17, 15) is 5.11 Å². The number of nitrogens with one attached hydrogen (secondary N) is 1. The molecule has 94 valence electrons. The molecule has 1 aromatic rings. The van der Waals surface area contributed by atoms with Crippen LogP contribution in [0.15, 0.2) is 18.3 Å². The van der Waals surface area contributed by atoms with Crippen LogP contribution in [-0.2, 0) is 0 Å². The minimum atomic E-state index is -0.117. The van der Waals surface area contributed by atoms with Crippen LogP contribution in [0, 0.1) is 0 Å². The summed E-state index contributed by atoms with van der Waals surface area (Å²) in [4.78, 5) is 4.21. The Morgan fingerprint density at radius 1 is 1.41 bits per heavy atom. The van der Waals surface area contributed by atoms with Crippen molar-refractivity contribution < 1.29 is 9.84 Å². The Balaban J connectivity index is 1.98. The van der Waals surface area contributed by atoms with Gasteiger partial charge in [0.15, 0.2) is 0 Å². The van der Waals surface area contributed by atoms with E-state index in [4.69, 9.17) is 4.74 Å². The van der Waals surface area contributed by atoms with Gasteiger partial charge in [0, 0.05) is 12.2 Å². The van der Waals surface area contributed by atoms with Crippen molar-refractivity contribution in [2.75, 3.05) is 11.9 Å². The highest BCUT2D eigenvalue weighted by Crippen LogP contribution is 2.26. The first-order valence-corrected chi connectivity index (χ1v) is 6.32. The molecule has 1 aliphatic rings. The number of hydrogen-bond donors (Lipinski definition) is 2. The zero-order chi connectivity index (χ0) is 12.1. The maximum absolute atomic E-state index is 9.47. The van der Waals surface area contributed by atoms with Crippen molar-refractivity contribution in [3.8, 4) is 5.88 Å². The molecule has 1 saturated carbocycles. The smallest absolute Gasteiger partial charge is 0.237 e. The van der Waals surface area contributed by atoms with Crippen molar-refractivity contribution in [1.29, 1.82) is 0 Å². The number of aromatic nitrogens is 1. The Kier molecular flexibility index (Phi) is 4.20. The average Bonchev–Trinajstić information content (AvgIpc) is 2.35. The molecule has 0 aromatic carbocycles. The molecule has 2 N–H and O–H groups in total. The largest absolute Gasteiger partial charge is 0.476 e. The lowest BCUT2D eigenvalue weighted by molar-refractivity contribution is 0.126. The second kappa shape index (κ2) is 5.87. The van der Waals surface area contributed by atoms with Crippen molar-refractivity contribution >= 4 is 5.69 Å². The van der Waals surface area contributed by atoms with Crippen LogP contribution >= 0.6 is 0 Å². The molecule has 0 saturated heterocycles. The van der Waals surface area contributed by atoms with E-state index in [1.54, 1.807) is 6.20 Å². The monoisotopic (exact) mass is 236 g/mol. The maximum Gasteiger partial charge on any atom is 0.237 e. The summed E-state index contributed by atoms with van der Waals surface area (Å²) in [6.45, 7) is 2.57. The summed E-state index contributed by atoms with van der Waals surface area (Å²) in [6.07, 6.45) is 5.38. The number of ether oxygens (including phenoxy) is 1. The predicted molar refractivity (Wildman–Crippen MR) is 67.3 cm³/mol. The zero-order valence-electron chi connectivity index (χ0n) is 10.2. The van der Waals surface area contributed by atoms with E-state index in [0.717, 1.165) is 31.4 Å². The second-order valence-corrected chi connectivity index (χ2v) is 4.44. The molecule has 4 heteroatoms. The second-order valence-electron chi connectivity index (χ2n) is 4.44. The van der Waals surface area contributed by atoms with Gasteiger partial charge >= 0.3 is 0 Å². The first kappa shape index (κ1) is 12.2. The van der Waals surface area contributed by atoms with Gasteiger partial charge in [-0.2, -0.15) is 0 Å². The van der Waals surface area contributed by atoms with Crippen molar-refractivity contribution in [3.63, 3.8) is 0 Å². The van der Waals surface area contributed by atoms with Gasteiger partial charge in [-0.1, -0.05) is 0 Å². The number of hydrogen-bond acceptors (Lipinski definition) is 4. The van der Waals surface area contributed by atoms with Gasteiger partial charge in [0.25, 0.3) is 0 Å². The van der Waals surface area contributed by atoms with Crippen LogP contribution in [-0.4, -0.2) is 28.8 Å². The third-order valence-electron chi connectivity index (χ3n) is 3.11. The summed E-state index contributed by atoms with van der Waals surface area (Å²) in [5, 5.41) is 12.9. The summed E-state index contributed by atoms with van der Waals surface area (Å²) in [7, 11) is 0. The number of anilines is 1. The first-order valence-electron chi connectivity index (χ1n) is 6.32. The first-order chi connectivity index (χ1) is 8.29. The number of aliphatic hydroxyl groups is 1. The Morgan fingerprint density at radius 2 is 2.18 bits per heavy atom. The molecule has 1 fully saturated rings. The molecular weight excluding hydrogens is 216 g/mol. The van der Waals surface area contributed by atoms with Gasteiger partial charge in [0.05, 0.1) is 18.4 Å². The molecule has 0 spiro atoms. The normalized spacial score (nSPS) is 24.4. The van der Waals surface area contributed by atoms with Crippen LogP contribution in [0.2, 0.25) is 0 Å². The molecule has 17 heavy (non-hydrogen) atoms. The van der Waals surface area contributed by atoms with E-state index in [2.05, 4.69) is 10.3 Å². The molecule has 0 bridgehead atoms. The third-order valence-corrected chi connectivity index (χ3v) is 3.11. The number of rotatable bonds is 4. The summed E-state index contributed by atoms with van der Waals surface area (Å²) in [6, 6.07) is 4.31. The topological polar surface area (TPSA) is 54.4 Å². The lowest BCUT2D eigenvalue weighted by Gasteiger charge is -2.27. The molecule has 0 atom stereocenters. The molecule has 2 rings (SSSR count). The fraction of sp³-hybridized carbons (Fsp3) is 0.615. The third kappa shape index (κ3) is 3.33. The van der Waals surface area contributed by atoms with Gasteiger partial charge < -0.3 is 15.2 Å². The highest BCUT2D eigenvalue weighted by atomic mass is 16.5. The quantitative estimate of drug-likeness (QED) is 0.841. The van der Waals surface area contributed by atoms with E-state index >= 15 is 0 Å². The summed E-state index contributed by atoms with van der Waals surface area (Å²) < 4.78 is 5.48. The molecule has 0 radical (unpaired) electrons. The van der Waals surface area contributed by atoms with E-state index < -0.39 is 0 Å². The summed E-state index contributed by atoms with van der Waals surface area (Å²) in [5.41, 5.74) is 0.954. The van der Waals surface area contributed by atoms with Crippen LogP contribution in [0.1, 0.15) is 32.6 Å². The highest BCUT2D eigenvalue weighted by Gasteiger charge is 2.20. The number of nitrogens with zero attached hydrogens (tertiary/aromatic N) is 1. The number of pyridine rings is 1. The van der Waals surface area contributed by atoms with E-state index in [0.29, 0.717) is 18.5 Å². The van der Waals surface area contributed by atoms with Gasteiger partial charge in [0.2, 0.25) is 5.88 Å². The van der Waals surface area contributed by atoms with Gasteiger partial charge in [0.1, 0.15) is 0 Å². The van der Waals surface area contributed by atoms with Crippen LogP contribution < -0.4 is 10.1 Å². The highest BCUT2D eigenvalue weighted by molar-refractivity contribution is 5.52. The van der Waals surface area contributed by atoms with Gasteiger partial charge in [-0.15, -0.1) is 0 Å². The van der Waals surface area contributed by atoms with Crippen LogP contribution in [0.25, 0.3) is 0 Å². The fourth-order valence-corrected chi connectivity index (χ4v) is 2.19. The zero-order valence-corrected chi connectivity index (χ0v) is 10.2. The van der Waals surface area contributed by atoms with Crippen molar-refractivity contribution in [2.24, 2.45) is 0 Å². The Hall–Kier alpha value is -1.29. The summed E-state index contributed by atoms with van der Waals surface area (Å²) >= 11 is 0. The minimum Gasteiger partial charge on any atom is -0.476 e. The Bertz CT molecular complexity index is 349.